The highest BCUT2D eigenvalue weighted by molar-refractivity contribution is 6.38. The maximum absolute atomic E-state index is 9.78. The van der Waals surface area contributed by atoms with Gasteiger partial charge in [0, 0.05) is 59.4 Å². The summed E-state index contributed by atoms with van der Waals surface area (Å²) in [6, 6.07) is 9.84. The van der Waals surface area contributed by atoms with Crippen molar-refractivity contribution in [1.29, 1.82) is 5.26 Å². The molecule has 4 aromatic rings. The number of benzene rings is 1. The number of H-pyrrole nitrogens is 1. The summed E-state index contributed by atoms with van der Waals surface area (Å²) >= 11 is 12.6. The SMILES string of the molecule is N#C/C(=C/c1c[nH]c2ncc(-c3cnn(C4CCOCC4)c3)cc12)c1c(Cl)cccc1Cl. The van der Waals surface area contributed by atoms with Crippen molar-refractivity contribution in [3.05, 3.63) is 70.2 Å². The number of aromatic nitrogens is 4. The van der Waals surface area contributed by atoms with Crippen LogP contribution in [-0.4, -0.2) is 33.0 Å². The van der Waals surface area contributed by atoms with Gasteiger partial charge in [-0.15, -0.1) is 0 Å². The van der Waals surface area contributed by atoms with Gasteiger partial charge in [-0.2, -0.15) is 10.4 Å². The van der Waals surface area contributed by atoms with E-state index in [-0.39, 0.29) is 0 Å². The van der Waals surface area contributed by atoms with E-state index in [4.69, 9.17) is 27.9 Å². The molecule has 1 aliphatic heterocycles. The lowest BCUT2D eigenvalue weighted by molar-refractivity contribution is 0.0662. The van der Waals surface area contributed by atoms with Crippen molar-refractivity contribution in [2.45, 2.75) is 18.9 Å². The number of fused-ring (bicyclic) bond motifs is 1. The van der Waals surface area contributed by atoms with Crippen molar-refractivity contribution in [3.63, 3.8) is 0 Å². The van der Waals surface area contributed by atoms with Gasteiger partial charge in [-0.05, 0) is 37.1 Å². The third-order valence-electron chi connectivity index (χ3n) is 5.72. The van der Waals surface area contributed by atoms with E-state index in [9.17, 15) is 5.26 Å². The third kappa shape index (κ3) is 3.91. The van der Waals surface area contributed by atoms with Crippen molar-refractivity contribution in [2.24, 2.45) is 0 Å². The number of ether oxygens (including phenoxy) is 1. The Labute approximate surface area is 195 Å². The molecule has 1 N–H and O–H groups in total. The van der Waals surface area contributed by atoms with Gasteiger partial charge in [0.25, 0.3) is 0 Å². The average molecular weight is 464 g/mol. The summed E-state index contributed by atoms with van der Waals surface area (Å²) in [7, 11) is 0. The van der Waals surface area contributed by atoms with E-state index in [1.54, 1.807) is 24.3 Å². The smallest absolute Gasteiger partial charge is 0.137 e. The minimum absolute atomic E-state index is 0.360. The Morgan fingerprint density at radius 2 is 1.97 bits per heavy atom. The normalized spacial score (nSPS) is 15.2. The van der Waals surface area contributed by atoms with Crippen LogP contribution in [0.3, 0.4) is 0 Å². The van der Waals surface area contributed by atoms with Crippen LogP contribution in [0.2, 0.25) is 10.0 Å². The standard InChI is InChI=1S/C24H19Cl2N5O/c25-21-2-1-3-22(26)23(21)15(10-27)8-17-12-29-24-20(17)9-16(11-28-24)18-13-30-31(14-18)19-4-6-32-7-5-19/h1-3,8-9,11-14,19H,4-7H2,(H,28,29)/b15-8-. The van der Waals surface area contributed by atoms with Crippen LogP contribution in [0.25, 0.3) is 33.8 Å². The highest BCUT2D eigenvalue weighted by atomic mass is 35.5. The van der Waals surface area contributed by atoms with E-state index in [1.165, 1.54) is 0 Å². The fourth-order valence-electron chi connectivity index (χ4n) is 4.01. The van der Waals surface area contributed by atoms with Gasteiger partial charge in [0.05, 0.1) is 33.9 Å². The average Bonchev–Trinajstić information content (AvgIpc) is 3.46. The summed E-state index contributed by atoms with van der Waals surface area (Å²) in [5, 5.41) is 16.1. The molecule has 0 saturated carbocycles. The molecule has 0 spiro atoms. The predicted molar refractivity (Wildman–Crippen MR) is 126 cm³/mol. The molecule has 5 rings (SSSR count). The molecule has 0 radical (unpaired) electrons. The van der Waals surface area contributed by atoms with E-state index in [0.29, 0.717) is 27.2 Å². The first-order chi connectivity index (χ1) is 15.6. The first kappa shape index (κ1) is 20.8. The number of rotatable bonds is 4. The van der Waals surface area contributed by atoms with Gasteiger partial charge in [-0.1, -0.05) is 29.3 Å². The van der Waals surface area contributed by atoms with E-state index < -0.39 is 0 Å². The summed E-state index contributed by atoms with van der Waals surface area (Å²) in [5.41, 5.74) is 4.43. The van der Waals surface area contributed by atoms with Gasteiger partial charge in [0.1, 0.15) is 5.65 Å². The Bertz CT molecular complexity index is 1340. The van der Waals surface area contributed by atoms with Gasteiger partial charge in [0.2, 0.25) is 0 Å². The molecule has 0 atom stereocenters. The molecule has 0 amide bonds. The predicted octanol–water partition coefficient (Wildman–Crippen LogP) is 6.15. The van der Waals surface area contributed by atoms with Gasteiger partial charge in [-0.3, -0.25) is 4.68 Å². The van der Waals surface area contributed by atoms with Crippen LogP contribution < -0.4 is 0 Å². The van der Waals surface area contributed by atoms with E-state index in [2.05, 4.69) is 33.4 Å². The number of hydrogen-bond acceptors (Lipinski definition) is 4. The first-order valence-corrected chi connectivity index (χ1v) is 11.0. The first-order valence-electron chi connectivity index (χ1n) is 10.3. The molecule has 0 unspecified atom stereocenters. The molecule has 1 saturated heterocycles. The zero-order valence-corrected chi connectivity index (χ0v) is 18.6. The lowest BCUT2D eigenvalue weighted by Crippen LogP contribution is -2.19. The molecule has 6 nitrogen and oxygen atoms in total. The van der Waals surface area contributed by atoms with Crippen molar-refractivity contribution in [2.75, 3.05) is 13.2 Å². The van der Waals surface area contributed by atoms with Crippen LogP contribution in [0.5, 0.6) is 0 Å². The number of nitrogens with zero attached hydrogens (tertiary/aromatic N) is 4. The Kier molecular flexibility index (Phi) is 5.71. The summed E-state index contributed by atoms with van der Waals surface area (Å²) in [4.78, 5) is 7.73. The Hall–Kier alpha value is -3.11. The molecule has 160 valence electrons. The minimum atomic E-state index is 0.360. The van der Waals surface area contributed by atoms with Crippen molar-refractivity contribution >= 4 is 45.9 Å². The molecule has 0 aliphatic carbocycles. The van der Waals surface area contributed by atoms with E-state index in [1.807, 2.05) is 23.3 Å². The Morgan fingerprint density at radius 3 is 2.72 bits per heavy atom. The molecule has 32 heavy (non-hydrogen) atoms. The second kappa shape index (κ2) is 8.79. The lowest BCUT2D eigenvalue weighted by Gasteiger charge is -2.22. The lowest BCUT2D eigenvalue weighted by atomic mass is 10.0. The summed E-state index contributed by atoms with van der Waals surface area (Å²) in [5.74, 6) is 0. The number of pyridine rings is 1. The molecule has 0 bridgehead atoms. The van der Waals surface area contributed by atoms with Crippen molar-refractivity contribution < 1.29 is 4.74 Å². The summed E-state index contributed by atoms with van der Waals surface area (Å²) < 4.78 is 7.47. The number of nitrogens with one attached hydrogen (secondary N) is 1. The second-order valence-corrected chi connectivity index (χ2v) is 8.50. The number of allylic oxidation sites excluding steroid dienone is 1. The van der Waals surface area contributed by atoms with Crippen LogP contribution in [0.4, 0.5) is 0 Å². The van der Waals surface area contributed by atoms with Gasteiger partial charge < -0.3 is 9.72 Å². The molecule has 4 heterocycles. The van der Waals surface area contributed by atoms with Gasteiger partial charge in [0.15, 0.2) is 0 Å². The maximum Gasteiger partial charge on any atom is 0.137 e. The van der Waals surface area contributed by atoms with Crippen LogP contribution in [0.15, 0.2) is 49.1 Å². The van der Waals surface area contributed by atoms with Crippen molar-refractivity contribution in [1.82, 2.24) is 19.7 Å². The number of aromatic amines is 1. The minimum Gasteiger partial charge on any atom is -0.381 e. The van der Waals surface area contributed by atoms with E-state index in [0.717, 1.165) is 53.8 Å². The third-order valence-corrected chi connectivity index (χ3v) is 6.35. The maximum atomic E-state index is 9.78. The zero-order chi connectivity index (χ0) is 22.1. The van der Waals surface area contributed by atoms with Crippen LogP contribution in [0, 0.1) is 11.3 Å². The molecular weight excluding hydrogens is 445 g/mol. The molecule has 1 aliphatic rings. The fourth-order valence-corrected chi connectivity index (χ4v) is 4.61. The molecular formula is C24H19Cl2N5O. The zero-order valence-electron chi connectivity index (χ0n) is 17.1. The molecule has 8 heteroatoms. The number of halogens is 2. The number of hydrogen-bond donors (Lipinski definition) is 1. The Morgan fingerprint density at radius 1 is 1.19 bits per heavy atom. The molecule has 1 fully saturated rings. The molecule has 1 aromatic carbocycles. The van der Waals surface area contributed by atoms with Crippen LogP contribution in [-0.2, 0) is 4.74 Å². The van der Waals surface area contributed by atoms with Gasteiger partial charge in [-0.25, -0.2) is 4.98 Å². The van der Waals surface area contributed by atoms with Crippen LogP contribution in [0.1, 0.15) is 30.0 Å². The quantitative estimate of drug-likeness (QED) is 0.368. The monoisotopic (exact) mass is 463 g/mol. The summed E-state index contributed by atoms with van der Waals surface area (Å²) in [6.45, 7) is 1.53. The summed E-state index contributed by atoms with van der Waals surface area (Å²) in [6.07, 6.45) is 11.3. The Balaban J connectivity index is 1.53. The van der Waals surface area contributed by atoms with Gasteiger partial charge >= 0.3 is 0 Å². The molecule has 3 aromatic heterocycles. The number of nitriles is 1. The topological polar surface area (TPSA) is 79.5 Å². The highest BCUT2D eigenvalue weighted by Gasteiger charge is 2.17. The van der Waals surface area contributed by atoms with E-state index >= 15 is 0 Å². The van der Waals surface area contributed by atoms with Crippen LogP contribution >= 0.6 is 23.2 Å². The largest absolute Gasteiger partial charge is 0.381 e. The van der Waals surface area contributed by atoms with Crippen molar-refractivity contribution in [3.8, 4) is 17.2 Å². The second-order valence-electron chi connectivity index (χ2n) is 7.68. The highest BCUT2D eigenvalue weighted by Crippen LogP contribution is 2.34. The fraction of sp³-hybridized carbons (Fsp3) is 0.208.